The van der Waals surface area contributed by atoms with Gasteiger partial charge in [0, 0.05) is 59.5 Å². The molecule has 0 atom stereocenters. The first-order valence-electron chi connectivity index (χ1n) is 13.7. The van der Waals surface area contributed by atoms with Crippen LogP contribution in [0.3, 0.4) is 0 Å². The van der Waals surface area contributed by atoms with Crippen molar-refractivity contribution in [2.24, 2.45) is 7.05 Å². The van der Waals surface area contributed by atoms with Crippen LogP contribution in [0.15, 0.2) is 75.9 Å². The van der Waals surface area contributed by atoms with Crippen LogP contribution >= 0.6 is 0 Å². The maximum Gasteiger partial charge on any atom is 0.343 e. The summed E-state index contributed by atoms with van der Waals surface area (Å²) in [6, 6.07) is 20.6. The molecule has 3 aromatic carbocycles. The van der Waals surface area contributed by atoms with E-state index >= 15 is 4.39 Å². The second-order valence-electron chi connectivity index (χ2n) is 10.1. The van der Waals surface area contributed by atoms with Gasteiger partial charge in [-0.25, -0.2) is 14.2 Å². The molecule has 0 amide bonds. The molecule has 214 valence electrons. The molecule has 0 aliphatic rings. The third-order valence-corrected chi connectivity index (χ3v) is 7.49. The number of anilines is 3. The van der Waals surface area contributed by atoms with Crippen LogP contribution in [0, 0.1) is 12.7 Å². The molecule has 3 aromatic heterocycles. The SMILES string of the molecule is CCN(CC)c1ccc2cc(/C=C/c3ccc4cc(F)c(Nc5ccc6nc(C)[nH]c6c5)cc4[n+]3C)c(=O)oc2c1.[I-]. The van der Waals surface area contributed by atoms with E-state index in [9.17, 15) is 4.79 Å². The van der Waals surface area contributed by atoms with Crippen LogP contribution in [-0.4, -0.2) is 23.1 Å². The van der Waals surface area contributed by atoms with Gasteiger partial charge in [-0.1, -0.05) is 0 Å². The number of aromatic nitrogens is 3. The molecule has 0 saturated heterocycles. The number of benzene rings is 3. The van der Waals surface area contributed by atoms with Crippen molar-refractivity contribution in [1.29, 1.82) is 0 Å². The molecule has 42 heavy (non-hydrogen) atoms. The molecule has 0 aliphatic heterocycles. The van der Waals surface area contributed by atoms with Crippen molar-refractivity contribution in [1.82, 2.24) is 9.97 Å². The predicted octanol–water partition coefficient (Wildman–Crippen LogP) is 3.86. The van der Waals surface area contributed by atoms with Crippen molar-refractivity contribution in [2.75, 3.05) is 23.3 Å². The number of nitrogens with zero attached hydrogens (tertiary/aromatic N) is 3. The number of hydrogen-bond acceptors (Lipinski definition) is 5. The minimum absolute atomic E-state index is 0. The highest BCUT2D eigenvalue weighted by Gasteiger charge is 2.15. The van der Waals surface area contributed by atoms with Crippen molar-refractivity contribution in [2.45, 2.75) is 20.8 Å². The average Bonchev–Trinajstić information content (AvgIpc) is 3.33. The molecule has 0 saturated carbocycles. The monoisotopic (exact) mass is 675 g/mol. The van der Waals surface area contributed by atoms with E-state index in [1.807, 2.05) is 79.2 Å². The van der Waals surface area contributed by atoms with Gasteiger partial charge in [-0.05, 0) is 75.4 Å². The number of aromatic amines is 1. The van der Waals surface area contributed by atoms with Crippen LogP contribution in [0.5, 0.6) is 0 Å². The number of halogens is 2. The van der Waals surface area contributed by atoms with Gasteiger partial charge in [0.1, 0.15) is 24.3 Å². The molecular formula is C33H31FIN5O2. The summed E-state index contributed by atoms with van der Waals surface area (Å²) in [6.07, 6.45) is 3.63. The minimum atomic E-state index is -0.396. The molecular weight excluding hydrogens is 644 g/mol. The molecule has 0 spiro atoms. The molecule has 6 rings (SSSR count). The van der Waals surface area contributed by atoms with Gasteiger partial charge in [0.05, 0.1) is 22.3 Å². The molecule has 0 fully saturated rings. The van der Waals surface area contributed by atoms with E-state index in [1.54, 1.807) is 12.1 Å². The van der Waals surface area contributed by atoms with Crippen LogP contribution in [-0.2, 0) is 7.05 Å². The fourth-order valence-corrected chi connectivity index (χ4v) is 5.25. The minimum Gasteiger partial charge on any atom is -1.00 e. The number of imidazole rings is 1. The lowest BCUT2D eigenvalue weighted by Crippen LogP contribution is -3.00. The van der Waals surface area contributed by atoms with Gasteiger partial charge in [-0.15, -0.1) is 0 Å². The second kappa shape index (κ2) is 11.9. The molecule has 0 aliphatic carbocycles. The molecule has 9 heteroatoms. The lowest BCUT2D eigenvalue weighted by Gasteiger charge is -2.20. The summed E-state index contributed by atoms with van der Waals surface area (Å²) in [5.41, 5.74) is 6.20. The largest absolute Gasteiger partial charge is 1.00 e. The summed E-state index contributed by atoms with van der Waals surface area (Å²) in [5, 5.41) is 4.83. The molecule has 0 radical (unpaired) electrons. The third-order valence-electron chi connectivity index (χ3n) is 7.49. The number of rotatable bonds is 7. The summed E-state index contributed by atoms with van der Waals surface area (Å²) in [5.74, 6) is 0.479. The van der Waals surface area contributed by atoms with Gasteiger partial charge < -0.3 is 43.6 Å². The average molecular weight is 676 g/mol. The summed E-state index contributed by atoms with van der Waals surface area (Å²) in [7, 11) is 1.92. The Labute approximate surface area is 259 Å². The van der Waals surface area contributed by atoms with Gasteiger partial charge in [-0.2, -0.15) is 4.57 Å². The quantitative estimate of drug-likeness (QED) is 0.153. The maximum absolute atomic E-state index is 15.1. The van der Waals surface area contributed by atoms with E-state index in [-0.39, 0.29) is 29.8 Å². The van der Waals surface area contributed by atoms with E-state index in [0.717, 1.165) is 63.3 Å². The van der Waals surface area contributed by atoms with E-state index < -0.39 is 5.63 Å². The number of fused-ring (bicyclic) bond motifs is 3. The zero-order chi connectivity index (χ0) is 28.7. The number of nitrogens with one attached hydrogen (secondary N) is 2. The molecule has 0 unspecified atom stereocenters. The fraction of sp³-hybridized carbons (Fsp3) is 0.182. The summed E-state index contributed by atoms with van der Waals surface area (Å²) in [4.78, 5) is 22.7. The Morgan fingerprint density at radius 3 is 2.57 bits per heavy atom. The third kappa shape index (κ3) is 5.61. The van der Waals surface area contributed by atoms with Crippen molar-refractivity contribution >= 4 is 62.1 Å². The number of hydrogen-bond donors (Lipinski definition) is 2. The van der Waals surface area contributed by atoms with Crippen LogP contribution in [0.2, 0.25) is 0 Å². The Bertz CT molecular complexity index is 2030. The van der Waals surface area contributed by atoms with Gasteiger partial charge >= 0.3 is 5.63 Å². The van der Waals surface area contributed by atoms with E-state index in [1.165, 1.54) is 6.07 Å². The van der Waals surface area contributed by atoms with Crippen LogP contribution in [0.25, 0.3) is 45.1 Å². The van der Waals surface area contributed by atoms with Crippen LogP contribution in [0.4, 0.5) is 21.5 Å². The standard InChI is InChI=1S/C33H30FN5O2.HI/c1-5-39(6-2)26-13-8-22-15-23(33(40)41-32(22)18-26)9-12-25-11-7-21-16-27(34)29(19-31(21)38(25)4)37-24-10-14-28-30(17-24)36-20(3)35-28;/h7-19H,5-6H2,1-4H3,(H,35,36);1H/b12-9+;. The molecule has 6 aromatic rings. The van der Waals surface area contributed by atoms with Crippen molar-refractivity contribution < 1.29 is 37.4 Å². The first-order chi connectivity index (χ1) is 19.8. The first-order valence-corrected chi connectivity index (χ1v) is 13.7. The maximum atomic E-state index is 15.1. The van der Waals surface area contributed by atoms with Crippen molar-refractivity contribution in [3.05, 3.63) is 100 Å². The zero-order valence-electron chi connectivity index (χ0n) is 23.8. The molecule has 2 N–H and O–H groups in total. The van der Waals surface area contributed by atoms with Crippen molar-refractivity contribution in [3.8, 4) is 0 Å². The van der Waals surface area contributed by atoms with Crippen LogP contribution < -0.4 is 44.4 Å². The Hall–Kier alpha value is -4.25. The first kappa shape index (κ1) is 29.2. The second-order valence-corrected chi connectivity index (χ2v) is 10.1. The summed E-state index contributed by atoms with van der Waals surface area (Å²) in [6.45, 7) is 7.85. The summed E-state index contributed by atoms with van der Waals surface area (Å²) >= 11 is 0. The number of pyridine rings is 1. The van der Waals surface area contributed by atoms with E-state index in [0.29, 0.717) is 16.8 Å². The van der Waals surface area contributed by atoms with Crippen LogP contribution in [0.1, 0.15) is 30.9 Å². The highest BCUT2D eigenvalue weighted by Crippen LogP contribution is 2.27. The topological polar surface area (TPSA) is 78.0 Å². The Morgan fingerprint density at radius 2 is 1.79 bits per heavy atom. The normalized spacial score (nSPS) is 11.5. The van der Waals surface area contributed by atoms with E-state index in [4.69, 9.17) is 4.42 Å². The number of aryl methyl sites for hydroxylation is 2. The van der Waals surface area contributed by atoms with Crippen molar-refractivity contribution in [3.63, 3.8) is 0 Å². The zero-order valence-corrected chi connectivity index (χ0v) is 26.0. The molecule has 7 nitrogen and oxygen atoms in total. The highest BCUT2D eigenvalue weighted by atomic mass is 127. The number of H-pyrrole nitrogens is 1. The van der Waals surface area contributed by atoms with Gasteiger partial charge in [0.15, 0.2) is 0 Å². The van der Waals surface area contributed by atoms with Gasteiger partial charge in [-0.3, -0.25) is 0 Å². The van der Waals surface area contributed by atoms with Gasteiger partial charge in [0.2, 0.25) is 11.2 Å². The lowest BCUT2D eigenvalue weighted by molar-refractivity contribution is -0.646. The lowest BCUT2D eigenvalue weighted by atomic mass is 10.1. The highest BCUT2D eigenvalue weighted by molar-refractivity contribution is 5.86. The smallest absolute Gasteiger partial charge is 0.343 e. The fourth-order valence-electron chi connectivity index (χ4n) is 5.25. The Morgan fingerprint density at radius 1 is 1.00 bits per heavy atom. The Balaban J connectivity index is 0.00000353. The van der Waals surface area contributed by atoms with Gasteiger partial charge in [0.25, 0.3) is 0 Å². The van der Waals surface area contributed by atoms with E-state index in [2.05, 4.69) is 34.0 Å². The summed E-state index contributed by atoms with van der Waals surface area (Å²) < 4.78 is 22.7. The predicted molar refractivity (Wildman–Crippen MR) is 164 cm³/mol. The molecule has 3 heterocycles. The molecule has 0 bridgehead atoms. The Kier molecular flexibility index (Phi) is 8.31.